The fourth-order valence-electron chi connectivity index (χ4n) is 1.50. The fourth-order valence-corrected chi connectivity index (χ4v) is 2.57. The van der Waals surface area contributed by atoms with E-state index < -0.39 is 6.03 Å². The van der Waals surface area contributed by atoms with E-state index in [1.807, 2.05) is 19.1 Å². The SMILES string of the molecule is C[C@@H](NC(N)=O)c1cc2ccccc2s1. The summed E-state index contributed by atoms with van der Waals surface area (Å²) in [6, 6.07) is 9.72. The maximum atomic E-state index is 10.7. The van der Waals surface area contributed by atoms with E-state index in [1.165, 1.54) is 10.1 Å². The van der Waals surface area contributed by atoms with Gasteiger partial charge in [0.1, 0.15) is 0 Å². The van der Waals surface area contributed by atoms with Gasteiger partial charge in [-0.2, -0.15) is 0 Å². The minimum Gasteiger partial charge on any atom is -0.352 e. The lowest BCUT2D eigenvalue weighted by Gasteiger charge is -2.08. The van der Waals surface area contributed by atoms with E-state index in [9.17, 15) is 4.79 Å². The molecule has 78 valence electrons. The maximum absolute atomic E-state index is 10.7. The van der Waals surface area contributed by atoms with Crippen molar-refractivity contribution in [2.24, 2.45) is 5.73 Å². The van der Waals surface area contributed by atoms with Crippen LogP contribution in [0.1, 0.15) is 17.8 Å². The molecule has 2 amide bonds. The highest BCUT2D eigenvalue weighted by atomic mass is 32.1. The zero-order valence-corrected chi connectivity index (χ0v) is 9.17. The first kappa shape index (κ1) is 9.98. The van der Waals surface area contributed by atoms with E-state index in [0.29, 0.717) is 0 Å². The number of benzene rings is 1. The van der Waals surface area contributed by atoms with Crippen LogP contribution in [0.25, 0.3) is 10.1 Å². The highest BCUT2D eigenvalue weighted by Gasteiger charge is 2.10. The molecule has 0 aliphatic carbocycles. The maximum Gasteiger partial charge on any atom is 0.312 e. The van der Waals surface area contributed by atoms with Crippen LogP contribution in [0.15, 0.2) is 30.3 Å². The van der Waals surface area contributed by atoms with Gasteiger partial charge in [0, 0.05) is 9.58 Å². The zero-order valence-electron chi connectivity index (χ0n) is 8.36. The Hall–Kier alpha value is -1.55. The van der Waals surface area contributed by atoms with Crippen molar-refractivity contribution in [2.75, 3.05) is 0 Å². The number of hydrogen-bond acceptors (Lipinski definition) is 2. The van der Waals surface area contributed by atoms with Crippen LogP contribution in [0.3, 0.4) is 0 Å². The van der Waals surface area contributed by atoms with E-state index in [1.54, 1.807) is 11.3 Å². The lowest BCUT2D eigenvalue weighted by atomic mass is 10.2. The van der Waals surface area contributed by atoms with Gasteiger partial charge in [-0.1, -0.05) is 18.2 Å². The molecule has 0 bridgehead atoms. The summed E-state index contributed by atoms with van der Waals surface area (Å²) in [7, 11) is 0. The fraction of sp³-hybridized carbons (Fsp3) is 0.182. The Kier molecular flexibility index (Phi) is 2.60. The number of amides is 2. The first-order chi connectivity index (χ1) is 7.16. The normalized spacial score (nSPS) is 12.6. The smallest absolute Gasteiger partial charge is 0.312 e. The zero-order chi connectivity index (χ0) is 10.8. The molecule has 3 N–H and O–H groups in total. The molecule has 0 saturated heterocycles. The van der Waals surface area contributed by atoms with Gasteiger partial charge in [0.25, 0.3) is 0 Å². The number of fused-ring (bicyclic) bond motifs is 1. The molecule has 15 heavy (non-hydrogen) atoms. The molecule has 1 aromatic carbocycles. The minimum atomic E-state index is -0.486. The van der Waals surface area contributed by atoms with Crippen molar-refractivity contribution in [3.05, 3.63) is 35.2 Å². The van der Waals surface area contributed by atoms with Crippen molar-refractivity contribution < 1.29 is 4.79 Å². The summed E-state index contributed by atoms with van der Waals surface area (Å²) in [6.07, 6.45) is 0. The number of urea groups is 1. The van der Waals surface area contributed by atoms with Gasteiger partial charge < -0.3 is 11.1 Å². The van der Waals surface area contributed by atoms with Gasteiger partial charge in [-0.25, -0.2) is 4.79 Å². The van der Waals surface area contributed by atoms with E-state index >= 15 is 0 Å². The van der Waals surface area contributed by atoms with E-state index in [4.69, 9.17) is 5.73 Å². The number of rotatable bonds is 2. The van der Waals surface area contributed by atoms with Crippen molar-refractivity contribution in [3.63, 3.8) is 0 Å². The van der Waals surface area contributed by atoms with E-state index in [-0.39, 0.29) is 6.04 Å². The number of carbonyl (C=O) groups excluding carboxylic acids is 1. The summed E-state index contributed by atoms with van der Waals surface area (Å²) in [5, 5.41) is 3.87. The van der Waals surface area contributed by atoms with Gasteiger partial charge in [-0.3, -0.25) is 0 Å². The van der Waals surface area contributed by atoms with Crippen LogP contribution in [-0.4, -0.2) is 6.03 Å². The van der Waals surface area contributed by atoms with Crippen molar-refractivity contribution in [1.82, 2.24) is 5.32 Å². The molecule has 4 heteroatoms. The van der Waals surface area contributed by atoms with Gasteiger partial charge in [0.2, 0.25) is 0 Å². The quantitative estimate of drug-likeness (QED) is 0.803. The van der Waals surface area contributed by atoms with Crippen LogP contribution in [0, 0.1) is 0 Å². The molecule has 0 spiro atoms. The summed E-state index contributed by atoms with van der Waals surface area (Å²) in [5.41, 5.74) is 5.08. The molecular formula is C11H12N2OS. The van der Waals surface area contributed by atoms with Crippen LogP contribution in [0.5, 0.6) is 0 Å². The Morgan fingerprint density at radius 3 is 2.87 bits per heavy atom. The molecule has 0 aliphatic rings. The summed E-state index contributed by atoms with van der Waals surface area (Å²) >= 11 is 1.68. The Morgan fingerprint density at radius 1 is 1.47 bits per heavy atom. The lowest BCUT2D eigenvalue weighted by Crippen LogP contribution is -2.31. The molecule has 0 saturated carbocycles. The number of nitrogens with two attached hydrogens (primary N) is 1. The van der Waals surface area contributed by atoms with Gasteiger partial charge in [0.05, 0.1) is 6.04 Å². The second-order valence-electron chi connectivity index (χ2n) is 3.42. The lowest BCUT2D eigenvalue weighted by molar-refractivity contribution is 0.246. The Balaban J connectivity index is 2.32. The third-order valence-electron chi connectivity index (χ3n) is 2.23. The summed E-state index contributed by atoms with van der Waals surface area (Å²) < 4.78 is 1.23. The number of carbonyl (C=O) groups is 1. The largest absolute Gasteiger partial charge is 0.352 e. The Bertz CT molecular complexity index is 459. The topological polar surface area (TPSA) is 55.1 Å². The second kappa shape index (κ2) is 3.90. The van der Waals surface area contributed by atoms with Crippen LogP contribution in [-0.2, 0) is 0 Å². The van der Waals surface area contributed by atoms with E-state index in [2.05, 4.69) is 23.5 Å². The van der Waals surface area contributed by atoms with Crippen molar-refractivity contribution >= 4 is 27.5 Å². The summed E-state index contributed by atoms with van der Waals surface area (Å²) in [5.74, 6) is 0. The third kappa shape index (κ3) is 2.10. The third-order valence-corrected chi connectivity index (χ3v) is 3.53. The van der Waals surface area contributed by atoms with Crippen LogP contribution < -0.4 is 11.1 Å². The average molecular weight is 220 g/mol. The second-order valence-corrected chi connectivity index (χ2v) is 4.53. The van der Waals surface area contributed by atoms with Crippen molar-refractivity contribution in [1.29, 1.82) is 0 Å². The number of primary amides is 1. The molecule has 2 aromatic rings. The van der Waals surface area contributed by atoms with Crippen molar-refractivity contribution in [2.45, 2.75) is 13.0 Å². The first-order valence-corrected chi connectivity index (χ1v) is 5.53. The number of hydrogen-bond donors (Lipinski definition) is 2. The minimum absolute atomic E-state index is 0.0279. The molecule has 0 aliphatic heterocycles. The van der Waals surface area contributed by atoms with Crippen molar-refractivity contribution in [3.8, 4) is 0 Å². The van der Waals surface area contributed by atoms with E-state index in [0.717, 1.165) is 4.88 Å². The van der Waals surface area contributed by atoms with Gasteiger partial charge >= 0.3 is 6.03 Å². The average Bonchev–Trinajstić information content (AvgIpc) is 2.59. The molecule has 1 aromatic heterocycles. The molecule has 0 fully saturated rings. The molecule has 0 radical (unpaired) electrons. The number of thiophene rings is 1. The predicted octanol–water partition coefficient (Wildman–Crippen LogP) is 2.63. The van der Waals surface area contributed by atoms with Crippen LogP contribution in [0.4, 0.5) is 4.79 Å². The molecule has 0 unspecified atom stereocenters. The summed E-state index contributed by atoms with van der Waals surface area (Å²) in [6.45, 7) is 1.93. The molecule has 1 atom stereocenters. The van der Waals surface area contributed by atoms with Gasteiger partial charge in [-0.15, -0.1) is 11.3 Å². The summed E-state index contributed by atoms with van der Waals surface area (Å²) in [4.78, 5) is 11.8. The molecule has 3 nitrogen and oxygen atoms in total. The van der Waals surface area contributed by atoms with Crippen LogP contribution >= 0.6 is 11.3 Å². The number of nitrogens with one attached hydrogen (secondary N) is 1. The Labute approximate surface area is 91.9 Å². The molecule has 2 rings (SSSR count). The van der Waals surface area contributed by atoms with Gasteiger partial charge in [-0.05, 0) is 24.4 Å². The highest BCUT2D eigenvalue weighted by molar-refractivity contribution is 7.19. The first-order valence-electron chi connectivity index (χ1n) is 4.71. The van der Waals surface area contributed by atoms with Crippen LogP contribution in [0.2, 0.25) is 0 Å². The predicted molar refractivity (Wildman–Crippen MR) is 63.0 cm³/mol. The molecule has 1 heterocycles. The standard InChI is InChI=1S/C11H12N2OS/c1-7(13-11(12)14)10-6-8-4-2-3-5-9(8)15-10/h2-7H,1H3,(H3,12,13,14)/t7-/m1/s1. The Morgan fingerprint density at radius 2 is 2.20 bits per heavy atom. The molecular weight excluding hydrogens is 208 g/mol. The van der Waals surface area contributed by atoms with Gasteiger partial charge in [0.15, 0.2) is 0 Å². The highest BCUT2D eigenvalue weighted by Crippen LogP contribution is 2.29. The monoisotopic (exact) mass is 220 g/mol.